The second kappa shape index (κ2) is 7.81. The van der Waals surface area contributed by atoms with Gasteiger partial charge in [0.05, 0.1) is 12.6 Å². The van der Waals surface area contributed by atoms with Crippen LogP contribution in [0, 0.1) is 0 Å². The minimum Gasteiger partial charge on any atom is -0.354 e. The molecule has 0 aliphatic carbocycles. The third-order valence-electron chi connectivity index (χ3n) is 2.99. The van der Waals surface area contributed by atoms with Crippen LogP contribution < -0.4 is 10.6 Å². The van der Waals surface area contributed by atoms with E-state index in [-0.39, 0.29) is 11.9 Å². The van der Waals surface area contributed by atoms with E-state index in [9.17, 15) is 4.79 Å². The van der Waals surface area contributed by atoms with Crippen molar-refractivity contribution in [3.8, 4) is 0 Å². The van der Waals surface area contributed by atoms with Crippen LogP contribution >= 0.6 is 11.3 Å². The van der Waals surface area contributed by atoms with Crippen LogP contribution in [0.5, 0.6) is 0 Å². The highest BCUT2D eigenvalue weighted by Gasteiger charge is 2.11. The minimum absolute atomic E-state index is 0.0435. The lowest BCUT2D eigenvalue weighted by Crippen LogP contribution is -2.43. The summed E-state index contributed by atoms with van der Waals surface area (Å²) in [6, 6.07) is 5.82. The SMILES string of the molecule is C[C@@H](NCCn1cccn1)C(=O)NCCc1cccs1. The number of hydrogen-bond acceptors (Lipinski definition) is 4. The molecule has 2 heterocycles. The molecule has 0 aromatic carbocycles. The highest BCUT2D eigenvalue weighted by molar-refractivity contribution is 7.09. The van der Waals surface area contributed by atoms with Crippen LogP contribution in [0.25, 0.3) is 0 Å². The predicted octanol–water partition coefficient (Wildman–Crippen LogP) is 1.28. The van der Waals surface area contributed by atoms with E-state index >= 15 is 0 Å². The van der Waals surface area contributed by atoms with Gasteiger partial charge in [-0.15, -0.1) is 11.3 Å². The van der Waals surface area contributed by atoms with Gasteiger partial charge in [0.25, 0.3) is 0 Å². The van der Waals surface area contributed by atoms with Gasteiger partial charge < -0.3 is 10.6 Å². The van der Waals surface area contributed by atoms with Crippen LogP contribution in [0.2, 0.25) is 0 Å². The lowest BCUT2D eigenvalue weighted by Gasteiger charge is -2.13. The maximum absolute atomic E-state index is 11.9. The predicted molar refractivity (Wildman–Crippen MR) is 80.7 cm³/mol. The Morgan fingerprint density at radius 2 is 2.35 bits per heavy atom. The van der Waals surface area contributed by atoms with Crippen molar-refractivity contribution in [2.75, 3.05) is 13.1 Å². The fraction of sp³-hybridized carbons (Fsp3) is 0.429. The molecule has 0 radical (unpaired) electrons. The molecular formula is C14H20N4OS. The standard InChI is InChI=1S/C14H20N4OS/c1-12(15-8-10-18-9-3-6-17-18)14(19)16-7-5-13-4-2-11-20-13/h2-4,6,9,11-12,15H,5,7-8,10H2,1H3,(H,16,19)/t12-/m1/s1. The molecule has 0 aliphatic heterocycles. The summed E-state index contributed by atoms with van der Waals surface area (Å²) >= 11 is 1.72. The molecule has 2 aromatic heterocycles. The zero-order valence-corrected chi connectivity index (χ0v) is 12.4. The number of amides is 1. The Hall–Kier alpha value is -1.66. The summed E-state index contributed by atoms with van der Waals surface area (Å²) in [5, 5.41) is 12.3. The van der Waals surface area contributed by atoms with Gasteiger partial charge in [-0.3, -0.25) is 9.48 Å². The van der Waals surface area contributed by atoms with E-state index in [0.29, 0.717) is 6.54 Å². The topological polar surface area (TPSA) is 59.0 Å². The van der Waals surface area contributed by atoms with Crippen molar-refractivity contribution < 1.29 is 4.79 Å². The average molecular weight is 292 g/mol. The molecule has 0 unspecified atom stereocenters. The van der Waals surface area contributed by atoms with Gasteiger partial charge in [-0.1, -0.05) is 6.07 Å². The number of rotatable bonds is 8. The molecule has 2 N–H and O–H groups in total. The fourth-order valence-electron chi connectivity index (χ4n) is 1.84. The van der Waals surface area contributed by atoms with Crippen LogP contribution in [0.4, 0.5) is 0 Å². The Balaban J connectivity index is 1.59. The van der Waals surface area contributed by atoms with Gasteiger partial charge in [0, 0.05) is 30.4 Å². The maximum atomic E-state index is 11.9. The molecule has 6 heteroatoms. The maximum Gasteiger partial charge on any atom is 0.236 e. The Morgan fingerprint density at radius 1 is 1.45 bits per heavy atom. The summed E-state index contributed by atoms with van der Waals surface area (Å²) < 4.78 is 1.84. The number of hydrogen-bond donors (Lipinski definition) is 2. The van der Waals surface area contributed by atoms with E-state index in [1.54, 1.807) is 17.5 Å². The summed E-state index contributed by atoms with van der Waals surface area (Å²) in [7, 11) is 0. The summed E-state index contributed by atoms with van der Waals surface area (Å²) in [6.45, 7) is 4.05. The number of carbonyl (C=O) groups is 1. The van der Waals surface area contributed by atoms with Crippen molar-refractivity contribution in [2.24, 2.45) is 0 Å². The molecule has 108 valence electrons. The van der Waals surface area contributed by atoms with Gasteiger partial charge in [0.2, 0.25) is 5.91 Å². The molecule has 2 aromatic rings. The third kappa shape index (κ3) is 4.79. The van der Waals surface area contributed by atoms with Gasteiger partial charge in [-0.05, 0) is 30.9 Å². The Bertz CT molecular complexity index is 495. The largest absolute Gasteiger partial charge is 0.354 e. The first kappa shape index (κ1) is 14.7. The first-order valence-electron chi connectivity index (χ1n) is 6.76. The van der Waals surface area contributed by atoms with Crippen LogP contribution in [-0.4, -0.2) is 34.8 Å². The lowest BCUT2D eigenvalue weighted by molar-refractivity contribution is -0.122. The van der Waals surface area contributed by atoms with Gasteiger partial charge in [-0.2, -0.15) is 5.10 Å². The fourth-order valence-corrected chi connectivity index (χ4v) is 2.55. The molecule has 2 rings (SSSR count). The second-order valence-electron chi connectivity index (χ2n) is 4.57. The molecule has 1 amide bonds. The summed E-state index contributed by atoms with van der Waals surface area (Å²) in [5.74, 6) is 0.0435. The molecule has 20 heavy (non-hydrogen) atoms. The van der Waals surface area contributed by atoms with E-state index in [1.165, 1.54) is 4.88 Å². The van der Waals surface area contributed by atoms with E-state index < -0.39 is 0 Å². The van der Waals surface area contributed by atoms with Crippen molar-refractivity contribution in [3.63, 3.8) is 0 Å². The Morgan fingerprint density at radius 3 is 3.05 bits per heavy atom. The first-order valence-corrected chi connectivity index (χ1v) is 7.64. The van der Waals surface area contributed by atoms with Gasteiger partial charge in [0.1, 0.15) is 0 Å². The number of nitrogens with one attached hydrogen (secondary N) is 2. The summed E-state index contributed by atoms with van der Waals surface area (Å²) in [6.07, 6.45) is 4.55. The Labute approximate surface area is 123 Å². The molecule has 0 bridgehead atoms. The van der Waals surface area contributed by atoms with E-state index in [1.807, 2.05) is 29.9 Å². The highest BCUT2D eigenvalue weighted by Crippen LogP contribution is 2.07. The second-order valence-corrected chi connectivity index (χ2v) is 5.60. The van der Waals surface area contributed by atoms with Crippen LogP contribution in [0.15, 0.2) is 36.0 Å². The van der Waals surface area contributed by atoms with Crippen LogP contribution in [0.1, 0.15) is 11.8 Å². The average Bonchev–Trinajstić information content (AvgIpc) is 3.11. The number of thiophene rings is 1. The van der Waals surface area contributed by atoms with Gasteiger partial charge >= 0.3 is 0 Å². The van der Waals surface area contributed by atoms with E-state index in [2.05, 4.69) is 27.2 Å². The summed E-state index contributed by atoms with van der Waals surface area (Å²) in [5.41, 5.74) is 0. The molecular weight excluding hydrogens is 272 g/mol. The Kier molecular flexibility index (Phi) is 5.76. The number of aromatic nitrogens is 2. The number of carbonyl (C=O) groups excluding carboxylic acids is 1. The highest BCUT2D eigenvalue weighted by atomic mass is 32.1. The van der Waals surface area contributed by atoms with Crippen molar-refractivity contribution >= 4 is 17.2 Å². The van der Waals surface area contributed by atoms with Gasteiger partial charge in [0.15, 0.2) is 0 Å². The van der Waals surface area contributed by atoms with Crippen molar-refractivity contribution in [1.82, 2.24) is 20.4 Å². The zero-order chi connectivity index (χ0) is 14.2. The molecule has 0 aliphatic rings. The number of nitrogens with zero attached hydrogens (tertiary/aromatic N) is 2. The van der Waals surface area contributed by atoms with Crippen LogP contribution in [-0.2, 0) is 17.8 Å². The van der Waals surface area contributed by atoms with E-state index in [0.717, 1.165) is 19.5 Å². The summed E-state index contributed by atoms with van der Waals surface area (Å²) in [4.78, 5) is 13.2. The lowest BCUT2D eigenvalue weighted by atomic mass is 10.3. The smallest absolute Gasteiger partial charge is 0.236 e. The van der Waals surface area contributed by atoms with Crippen molar-refractivity contribution in [3.05, 3.63) is 40.8 Å². The quantitative estimate of drug-likeness (QED) is 0.770. The molecule has 0 spiro atoms. The monoisotopic (exact) mass is 292 g/mol. The minimum atomic E-state index is -0.186. The molecule has 1 atom stereocenters. The molecule has 0 saturated carbocycles. The molecule has 0 saturated heterocycles. The normalized spacial score (nSPS) is 12.2. The zero-order valence-electron chi connectivity index (χ0n) is 11.6. The van der Waals surface area contributed by atoms with E-state index in [4.69, 9.17) is 0 Å². The first-order chi connectivity index (χ1) is 9.75. The van der Waals surface area contributed by atoms with Crippen LogP contribution in [0.3, 0.4) is 0 Å². The molecule has 0 fully saturated rings. The third-order valence-corrected chi connectivity index (χ3v) is 3.93. The van der Waals surface area contributed by atoms with Crippen molar-refractivity contribution in [1.29, 1.82) is 0 Å². The van der Waals surface area contributed by atoms with Crippen molar-refractivity contribution in [2.45, 2.75) is 25.9 Å². The molecule has 5 nitrogen and oxygen atoms in total. The van der Waals surface area contributed by atoms with Gasteiger partial charge in [-0.25, -0.2) is 0 Å².